The number of methoxy groups -OCH3 is 1. The van der Waals surface area contributed by atoms with Crippen molar-refractivity contribution in [3.63, 3.8) is 0 Å². The highest BCUT2D eigenvalue weighted by molar-refractivity contribution is 7.99. The zero-order chi connectivity index (χ0) is 15.8. The van der Waals surface area contributed by atoms with Crippen LogP contribution in [0.15, 0.2) is 53.4 Å². The van der Waals surface area contributed by atoms with Gasteiger partial charge in [-0.05, 0) is 60.7 Å². The molecule has 0 radical (unpaired) electrons. The lowest BCUT2D eigenvalue weighted by Crippen LogP contribution is -2.30. The van der Waals surface area contributed by atoms with E-state index in [1.54, 1.807) is 18.9 Å². The molecule has 0 spiro atoms. The molecule has 0 atom stereocenters. The van der Waals surface area contributed by atoms with Gasteiger partial charge in [-0.25, -0.2) is 0 Å². The first-order valence-corrected chi connectivity index (χ1v) is 8.52. The Labute approximate surface area is 145 Å². The molecule has 0 aliphatic heterocycles. The SMILES string of the molecule is COc1ccc(NC(=S)NCCSc2ccc(Cl)cc2)cc1. The molecule has 6 heteroatoms. The minimum Gasteiger partial charge on any atom is -0.497 e. The van der Waals surface area contributed by atoms with Gasteiger partial charge in [-0.3, -0.25) is 0 Å². The van der Waals surface area contributed by atoms with Gasteiger partial charge in [0.25, 0.3) is 0 Å². The molecule has 0 saturated heterocycles. The molecule has 0 saturated carbocycles. The largest absolute Gasteiger partial charge is 0.497 e. The van der Waals surface area contributed by atoms with Gasteiger partial charge in [0.1, 0.15) is 5.75 Å². The van der Waals surface area contributed by atoms with E-state index in [1.807, 2.05) is 48.5 Å². The Morgan fingerprint density at radius 1 is 1.14 bits per heavy atom. The Morgan fingerprint density at radius 3 is 2.45 bits per heavy atom. The van der Waals surface area contributed by atoms with E-state index < -0.39 is 0 Å². The zero-order valence-electron chi connectivity index (χ0n) is 12.1. The molecule has 2 N–H and O–H groups in total. The molecule has 0 aromatic heterocycles. The van der Waals surface area contributed by atoms with E-state index >= 15 is 0 Å². The van der Waals surface area contributed by atoms with Crippen LogP contribution in [0.4, 0.5) is 5.69 Å². The molecule has 0 aliphatic carbocycles. The van der Waals surface area contributed by atoms with Crippen LogP contribution < -0.4 is 15.4 Å². The third-order valence-corrected chi connectivity index (χ3v) is 4.33. The lowest BCUT2D eigenvalue weighted by molar-refractivity contribution is 0.415. The summed E-state index contributed by atoms with van der Waals surface area (Å²) in [7, 11) is 1.65. The topological polar surface area (TPSA) is 33.3 Å². The molecule has 116 valence electrons. The van der Waals surface area contributed by atoms with Crippen LogP contribution in [-0.4, -0.2) is 24.5 Å². The average molecular weight is 353 g/mol. The number of benzene rings is 2. The van der Waals surface area contributed by atoms with Gasteiger partial charge in [0, 0.05) is 27.9 Å². The predicted octanol–water partition coefficient (Wildman–Crippen LogP) is 4.43. The van der Waals surface area contributed by atoms with Crippen LogP contribution in [0.25, 0.3) is 0 Å². The molecule has 22 heavy (non-hydrogen) atoms. The van der Waals surface area contributed by atoms with Gasteiger partial charge in [0.05, 0.1) is 7.11 Å². The van der Waals surface area contributed by atoms with E-state index in [2.05, 4.69) is 10.6 Å². The molecular formula is C16H17ClN2OS2. The Kier molecular flexibility index (Phi) is 6.83. The zero-order valence-corrected chi connectivity index (χ0v) is 14.5. The van der Waals surface area contributed by atoms with Crippen molar-refractivity contribution in [3.05, 3.63) is 53.6 Å². The third kappa shape index (κ3) is 5.75. The van der Waals surface area contributed by atoms with E-state index in [4.69, 9.17) is 28.6 Å². The summed E-state index contributed by atoms with van der Waals surface area (Å²) in [6.45, 7) is 0.787. The molecule has 0 unspecified atom stereocenters. The van der Waals surface area contributed by atoms with E-state index in [1.165, 1.54) is 4.90 Å². The second kappa shape index (κ2) is 8.88. The lowest BCUT2D eigenvalue weighted by Gasteiger charge is -2.10. The number of ether oxygens (including phenoxy) is 1. The maximum absolute atomic E-state index is 5.86. The highest BCUT2D eigenvalue weighted by Crippen LogP contribution is 2.19. The Bertz CT molecular complexity index is 603. The van der Waals surface area contributed by atoms with Gasteiger partial charge in [-0.15, -0.1) is 11.8 Å². The first-order chi connectivity index (χ1) is 10.7. The fourth-order valence-electron chi connectivity index (χ4n) is 1.71. The third-order valence-electron chi connectivity index (χ3n) is 2.82. The van der Waals surface area contributed by atoms with Gasteiger partial charge in [-0.2, -0.15) is 0 Å². The smallest absolute Gasteiger partial charge is 0.170 e. The van der Waals surface area contributed by atoms with Crippen molar-refractivity contribution in [2.45, 2.75) is 4.90 Å². The standard InChI is InChI=1S/C16H17ClN2OS2/c1-20-14-6-4-13(5-7-14)19-16(21)18-10-11-22-15-8-2-12(17)3-9-15/h2-9H,10-11H2,1H3,(H2,18,19,21). The second-order valence-electron chi connectivity index (χ2n) is 4.41. The van der Waals surface area contributed by atoms with Crippen molar-refractivity contribution in [1.82, 2.24) is 5.32 Å². The number of thioether (sulfide) groups is 1. The fraction of sp³-hybridized carbons (Fsp3) is 0.188. The molecule has 3 nitrogen and oxygen atoms in total. The molecule has 0 fully saturated rings. The van der Waals surface area contributed by atoms with Crippen molar-refractivity contribution in [2.24, 2.45) is 0 Å². The summed E-state index contributed by atoms with van der Waals surface area (Å²) in [6, 6.07) is 15.5. The van der Waals surface area contributed by atoms with Crippen LogP contribution in [0.3, 0.4) is 0 Å². The lowest BCUT2D eigenvalue weighted by atomic mass is 10.3. The summed E-state index contributed by atoms with van der Waals surface area (Å²) in [5.41, 5.74) is 0.934. The number of hydrogen-bond donors (Lipinski definition) is 2. The molecule has 0 bridgehead atoms. The van der Waals surface area contributed by atoms with Gasteiger partial charge >= 0.3 is 0 Å². The van der Waals surface area contributed by atoms with Crippen molar-refractivity contribution >= 4 is 46.4 Å². The number of nitrogens with one attached hydrogen (secondary N) is 2. The van der Waals surface area contributed by atoms with Crippen molar-refractivity contribution < 1.29 is 4.74 Å². The Balaban J connectivity index is 1.67. The summed E-state index contributed by atoms with van der Waals surface area (Å²) in [5.74, 6) is 1.75. The first-order valence-electron chi connectivity index (χ1n) is 6.74. The summed E-state index contributed by atoms with van der Waals surface area (Å²) in [6.07, 6.45) is 0. The Morgan fingerprint density at radius 2 is 1.82 bits per heavy atom. The second-order valence-corrected chi connectivity index (χ2v) is 6.42. The van der Waals surface area contributed by atoms with Crippen LogP contribution >= 0.6 is 35.6 Å². The average Bonchev–Trinajstić information content (AvgIpc) is 2.54. The van der Waals surface area contributed by atoms with E-state index in [-0.39, 0.29) is 0 Å². The molecule has 2 aromatic rings. The normalized spacial score (nSPS) is 10.1. The van der Waals surface area contributed by atoms with Gasteiger partial charge in [0.2, 0.25) is 0 Å². The van der Waals surface area contributed by atoms with Crippen molar-refractivity contribution in [3.8, 4) is 5.75 Å². The quantitative estimate of drug-likeness (QED) is 0.456. The van der Waals surface area contributed by atoms with E-state index in [0.29, 0.717) is 5.11 Å². The maximum Gasteiger partial charge on any atom is 0.170 e. The highest BCUT2D eigenvalue weighted by atomic mass is 35.5. The van der Waals surface area contributed by atoms with Crippen molar-refractivity contribution in [2.75, 3.05) is 24.7 Å². The fourth-order valence-corrected chi connectivity index (χ4v) is 2.83. The molecule has 0 aliphatic rings. The maximum atomic E-state index is 5.86. The van der Waals surface area contributed by atoms with E-state index in [0.717, 1.165) is 28.8 Å². The number of halogens is 1. The van der Waals surface area contributed by atoms with Crippen LogP contribution in [0.2, 0.25) is 5.02 Å². The molecule has 0 amide bonds. The monoisotopic (exact) mass is 352 g/mol. The van der Waals surface area contributed by atoms with Crippen LogP contribution in [0.5, 0.6) is 5.75 Å². The molecule has 2 rings (SSSR count). The van der Waals surface area contributed by atoms with Gasteiger partial charge < -0.3 is 15.4 Å². The number of anilines is 1. The number of thiocarbonyl (C=S) groups is 1. The summed E-state index contributed by atoms with van der Waals surface area (Å²) < 4.78 is 5.12. The summed E-state index contributed by atoms with van der Waals surface area (Å²) in [4.78, 5) is 1.19. The minimum atomic E-state index is 0.613. The Hall–Kier alpha value is -1.43. The van der Waals surface area contributed by atoms with E-state index in [9.17, 15) is 0 Å². The van der Waals surface area contributed by atoms with Crippen LogP contribution in [0, 0.1) is 0 Å². The summed E-state index contributed by atoms with van der Waals surface area (Å²) >= 11 is 12.9. The molecule has 2 aromatic carbocycles. The van der Waals surface area contributed by atoms with Gasteiger partial charge in [0.15, 0.2) is 5.11 Å². The van der Waals surface area contributed by atoms with Gasteiger partial charge in [-0.1, -0.05) is 11.6 Å². The predicted molar refractivity (Wildman–Crippen MR) is 99.4 cm³/mol. The number of hydrogen-bond acceptors (Lipinski definition) is 3. The molecular weight excluding hydrogens is 336 g/mol. The van der Waals surface area contributed by atoms with Crippen LogP contribution in [0.1, 0.15) is 0 Å². The first kappa shape index (κ1) is 16.9. The van der Waals surface area contributed by atoms with Crippen LogP contribution in [-0.2, 0) is 0 Å². The minimum absolute atomic E-state index is 0.613. The summed E-state index contributed by atoms with van der Waals surface area (Å²) in [5, 5.41) is 7.69. The van der Waals surface area contributed by atoms with Crippen molar-refractivity contribution in [1.29, 1.82) is 0 Å². The number of rotatable bonds is 6. The molecule has 0 heterocycles. The highest BCUT2D eigenvalue weighted by Gasteiger charge is 1.99.